The van der Waals surface area contributed by atoms with Gasteiger partial charge in [-0.15, -0.1) is 0 Å². The molecule has 1 aromatic rings. The van der Waals surface area contributed by atoms with Gasteiger partial charge < -0.3 is 4.74 Å². The summed E-state index contributed by atoms with van der Waals surface area (Å²) in [6.45, 7) is 2.09. The van der Waals surface area contributed by atoms with E-state index in [-0.39, 0.29) is 17.2 Å². The van der Waals surface area contributed by atoms with Gasteiger partial charge in [-0.05, 0) is 43.7 Å². The molecule has 0 amide bonds. The number of methoxy groups -OCH3 is 1. The Labute approximate surface area is 119 Å². The lowest BCUT2D eigenvalue weighted by Gasteiger charge is -2.36. The van der Waals surface area contributed by atoms with Crippen LogP contribution in [0.25, 0.3) is 0 Å². The molecule has 106 valence electrons. The van der Waals surface area contributed by atoms with E-state index in [1.807, 2.05) is 0 Å². The van der Waals surface area contributed by atoms with E-state index in [4.69, 9.17) is 4.74 Å². The predicted octanol–water partition coefficient (Wildman–Crippen LogP) is 2.72. The van der Waals surface area contributed by atoms with Crippen molar-refractivity contribution in [3.05, 3.63) is 34.9 Å². The fraction of sp³-hybridized carbons (Fsp3) is 0.529. The van der Waals surface area contributed by atoms with Crippen LogP contribution in [0.1, 0.15) is 42.4 Å². The van der Waals surface area contributed by atoms with Gasteiger partial charge in [-0.3, -0.25) is 9.59 Å². The molecule has 2 atom stereocenters. The fourth-order valence-corrected chi connectivity index (χ4v) is 3.87. The first-order chi connectivity index (χ1) is 9.55. The highest BCUT2D eigenvalue weighted by Crippen LogP contribution is 2.49. The molecule has 3 rings (SSSR count). The topological polar surface area (TPSA) is 43.4 Å². The second-order valence-electron chi connectivity index (χ2n) is 6.20. The molecule has 0 bridgehead atoms. The van der Waals surface area contributed by atoms with Crippen molar-refractivity contribution in [1.82, 2.24) is 0 Å². The van der Waals surface area contributed by atoms with Crippen molar-refractivity contribution in [3.8, 4) is 0 Å². The lowest BCUT2D eigenvalue weighted by Crippen LogP contribution is -2.39. The number of aryl methyl sites for hydroxylation is 2. The molecule has 2 aliphatic carbocycles. The average molecular weight is 272 g/mol. The van der Waals surface area contributed by atoms with Crippen molar-refractivity contribution >= 4 is 11.8 Å². The van der Waals surface area contributed by atoms with E-state index in [2.05, 4.69) is 25.1 Å². The van der Waals surface area contributed by atoms with E-state index in [0.717, 1.165) is 19.3 Å². The average Bonchev–Trinajstić information content (AvgIpc) is 2.77. The Kier molecular flexibility index (Phi) is 3.15. The van der Waals surface area contributed by atoms with E-state index in [1.165, 1.54) is 23.8 Å². The standard InChI is InChI=1S/C17H20O3/c1-11-3-4-12-5-7-17(14(12)9-11)8-6-13(15(18)10-17)16(19)20-2/h3-4,9,13H,5-8,10H2,1-2H3. The van der Waals surface area contributed by atoms with Crippen molar-refractivity contribution in [2.45, 2.75) is 44.4 Å². The number of ketones is 1. The first kappa shape index (κ1) is 13.3. The number of benzene rings is 1. The normalized spacial score (nSPS) is 28.5. The van der Waals surface area contributed by atoms with Crippen LogP contribution in [-0.2, 0) is 26.2 Å². The van der Waals surface area contributed by atoms with E-state index in [1.54, 1.807) is 0 Å². The first-order valence-corrected chi connectivity index (χ1v) is 7.26. The molecule has 1 fully saturated rings. The molecule has 0 aromatic heterocycles. The molecular formula is C17H20O3. The van der Waals surface area contributed by atoms with Gasteiger partial charge in [0, 0.05) is 11.8 Å². The van der Waals surface area contributed by atoms with Crippen LogP contribution < -0.4 is 0 Å². The molecule has 1 saturated carbocycles. The molecule has 1 spiro atoms. The summed E-state index contributed by atoms with van der Waals surface area (Å²) in [4.78, 5) is 24.0. The van der Waals surface area contributed by atoms with Gasteiger partial charge in [0.1, 0.15) is 11.7 Å². The Balaban J connectivity index is 1.90. The summed E-state index contributed by atoms with van der Waals surface area (Å²) in [5.74, 6) is -0.857. The van der Waals surface area contributed by atoms with E-state index in [0.29, 0.717) is 12.8 Å². The summed E-state index contributed by atoms with van der Waals surface area (Å²) >= 11 is 0. The van der Waals surface area contributed by atoms with Gasteiger partial charge in [-0.25, -0.2) is 0 Å². The maximum Gasteiger partial charge on any atom is 0.316 e. The molecule has 0 aliphatic heterocycles. The van der Waals surface area contributed by atoms with Crippen LogP contribution in [0.2, 0.25) is 0 Å². The number of carbonyl (C=O) groups excluding carboxylic acids is 2. The van der Waals surface area contributed by atoms with Crippen molar-refractivity contribution in [1.29, 1.82) is 0 Å². The third kappa shape index (κ3) is 1.96. The van der Waals surface area contributed by atoms with Gasteiger partial charge in [0.2, 0.25) is 0 Å². The third-order valence-corrected chi connectivity index (χ3v) is 5.01. The molecule has 3 nitrogen and oxygen atoms in total. The summed E-state index contributed by atoms with van der Waals surface area (Å²) in [6.07, 6.45) is 4.11. The molecule has 3 heteroatoms. The molecular weight excluding hydrogens is 252 g/mol. The number of hydrogen-bond acceptors (Lipinski definition) is 3. The minimum atomic E-state index is -0.542. The van der Waals surface area contributed by atoms with Crippen molar-refractivity contribution < 1.29 is 14.3 Å². The Hall–Kier alpha value is -1.64. The van der Waals surface area contributed by atoms with Gasteiger partial charge in [-0.1, -0.05) is 23.8 Å². The first-order valence-electron chi connectivity index (χ1n) is 7.26. The number of ether oxygens (including phenoxy) is 1. The number of rotatable bonds is 1. The number of hydrogen-bond donors (Lipinski definition) is 0. The minimum absolute atomic E-state index is 0.0248. The van der Waals surface area contributed by atoms with Crippen molar-refractivity contribution in [2.75, 3.05) is 7.11 Å². The minimum Gasteiger partial charge on any atom is -0.468 e. The highest BCUT2D eigenvalue weighted by Gasteiger charge is 2.47. The van der Waals surface area contributed by atoms with Crippen LogP contribution in [0.15, 0.2) is 18.2 Å². The lowest BCUT2D eigenvalue weighted by molar-refractivity contribution is -0.151. The molecule has 1 aromatic carbocycles. The number of Topliss-reactive ketones (excluding diaryl/α,β-unsaturated/α-hetero) is 1. The van der Waals surface area contributed by atoms with E-state index in [9.17, 15) is 9.59 Å². The van der Waals surface area contributed by atoms with Gasteiger partial charge in [0.05, 0.1) is 7.11 Å². The van der Waals surface area contributed by atoms with Crippen LogP contribution in [0.4, 0.5) is 0 Å². The van der Waals surface area contributed by atoms with Crippen LogP contribution in [0, 0.1) is 12.8 Å². The smallest absolute Gasteiger partial charge is 0.316 e. The van der Waals surface area contributed by atoms with Gasteiger partial charge in [0.25, 0.3) is 0 Å². The number of fused-ring (bicyclic) bond motifs is 2. The summed E-state index contributed by atoms with van der Waals surface area (Å²) in [5.41, 5.74) is 3.94. The molecule has 2 unspecified atom stereocenters. The quantitative estimate of drug-likeness (QED) is 0.583. The van der Waals surface area contributed by atoms with E-state index >= 15 is 0 Å². The van der Waals surface area contributed by atoms with Gasteiger partial charge in [0.15, 0.2) is 0 Å². The van der Waals surface area contributed by atoms with Crippen LogP contribution >= 0.6 is 0 Å². The van der Waals surface area contributed by atoms with Crippen LogP contribution in [0.3, 0.4) is 0 Å². The zero-order valence-corrected chi connectivity index (χ0v) is 12.1. The molecule has 2 aliphatic rings. The SMILES string of the molecule is COC(=O)C1CCC2(CCc3ccc(C)cc32)CC1=O. The molecule has 0 radical (unpaired) electrons. The number of esters is 1. The van der Waals surface area contributed by atoms with Gasteiger partial charge in [-0.2, -0.15) is 0 Å². The molecule has 0 heterocycles. The number of carbonyl (C=O) groups is 2. The molecule has 0 N–H and O–H groups in total. The maximum atomic E-state index is 12.3. The maximum absolute atomic E-state index is 12.3. The van der Waals surface area contributed by atoms with E-state index < -0.39 is 5.92 Å². The second kappa shape index (κ2) is 4.72. The highest BCUT2D eigenvalue weighted by atomic mass is 16.5. The Morgan fingerprint density at radius 1 is 1.35 bits per heavy atom. The Bertz CT molecular complexity index is 576. The summed E-state index contributed by atoms with van der Waals surface area (Å²) in [6, 6.07) is 6.56. The lowest BCUT2D eigenvalue weighted by atomic mass is 9.66. The Morgan fingerprint density at radius 3 is 2.85 bits per heavy atom. The predicted molar refractivity (Wildman–Crippen MR) is 75.5 cm³/mol. The monoisotopic (exact) mass is 272 g/mol. The van der Waals surface area contributed by atoms with Crippen LogP contribution in [-0.4, -0.2) is 18.9 Å². The largest absolute Gasteiger partial charge is 0.468 e. The Morgan fingerprint density at radius 2 is 2.15 bits per heavy atom. The summed E-state index contributed by atoms with van der Waals surface area (Å²) in [7, 11) is 1.36. The molecule has 0 saturated heterocycles. The summed E-state index contributed by atoms with van der Waals surface area (Å²) < 4.78 is 4.74. The van der Waals surface area contributed by atoms with Crippen LogP contribution in [0.5, 0.6) is 0 Å². The zero-order valence-electron chi connectivity index (χ0n) is 12.1. The fourth-order valence-electron chi connectivity index (χ4n) is 3.87. The zero-order chi connectivity index (χ0) is 14.3. The van der Waals surface area contributed by atoms with Gasteiger partial charge >= 0.3 is 5.97 Å². The van der Waals surface area contributed by atoms with Crippen molar-refractivity contribution in [3.63, 3.8) is 0 Å². The summed E-state index contributed by atoms with van der Waals surface area (Å²) in [5, 5.41) is 0. The molecule has 20 heavy (non-hydrogen) atoms. The highest BCUT2D eigenvalue weighted by molar-refractivity contribution is 6.00. The third-order valence-electron chi connectivity index (χ3n) is 5.01. The van der Waals surface area contributed by atoms with Crippen molar-refractivity contribution in [2.24, 2.45) is 5.92 Å². The second-order valence-corrected chi connectivity index (χ2v) is 6.20.